The summed E-state index contributed by atoms with van der Waals surface area (Å²) in [6.07, 6.45) is 1.67. The average molecular weight is 284 g/mol. The summed E-state index contributed by atoms with van der Waals surface area (Å²) in [6.45, 7) is 1.41. The highest BCUT2D eigenvalue weighted by Gasteiger charge is 2.05. The minimum Gasteiger partial charge on any atom is -0.497 e. The van der Waals surface area contributed by atoms with Crippen LogP contribution >= 0.6 is 12.4 Å². The summed E-state index contributed by atoms with van der Waals surface area (Å²) in [4.78, 5) is 0. The second-order valence-corrected chi connectivity index (χ2v) is 3.86. The molecule has 104 valence electrons. The summed E-state index contributed by atoms with van der Waals surface area (Å²) in [5.41, 5.74) is 1.09. The third-order valence-corrected chi connectivity index (χ3v) is 2.69. The van der Waals surface area contributed by atoms with Gasteiger partial charge in [0.15, 0.2) is 0 Å². The normalized spacial score (nSPS) is 9.79. The molecule has 0 amide bonds. The van der Waals surface area contributed by atoms with E-state index in [0.29, 0.717) is 13.1 Å². The van der Waals surface area contributed by atoms with Crippen molar-refractivity contribution in [1.82, 2.24) is 5.32 Å². The molecule has 1 aromatic heterocycles. The van der Waals surface area contributed by atoms with Gasteiger partial charge in [0.1, 0.15) is 17.3 Å². The van der Waals surface area contributed by atoms with Crippen molar-refractivity contribution < 1.29 is 13.9 Å². The van der Waals surface area contributed by atoms with Gasteiger partial charge in [-0.2, -0.15) is 0 Å². The zero-order valence-corrected chi connectivity index (χ0v) is 11.8. The molecular weight excluding hydrogens is 266 g/mol. The van der Waals surface area contributed by atoms with Crippen molar-refractivity contribution >= 4 is 12.4 Å². The van der Waals surface area contributed by atoms with Gasteiger partial charge >= 0.3 is 0 Å². The molecule has 19 heavy (non-hydrogen) atoms. The summed E-state index contributed by atoms with van der Waals surface area (Å²) in [5.74, 6) is 2.53. The molecule has 0 unspecified atom stereocenters. The number of methoxy groups -OCH3 is 2. The number of furan rings is 1. The van der Waals surface area contributed by atoms with Gasteiger partial charge in [-0.1, -0.05) is 6.07 Å². The number of hydrogen-bond donors (Lipinski definition) is 1. The van der Waals surface area contributed by atoms with Crippen LogP contribution in [0.4, 0.5) is 0 Å². The number of rotatable bonds is 6. The minimum absolute atomic E-state index is 0. The van der Waals surface area contributed by atoms with Crippen LogP contribution in [-0.2, 0) is 13.1 Å². The third-order valence-electron chi connectivity index (χ3n) is 2.69. The maximum atomic E-state index is 5.33. The van der Waals surface area contributed by atoms with E-state index in [1.807, 2.05) is 30.3 Å². The van der Waals surface area contributed by atoms with Crippen LogP contribution in [-0.4, -0.2) is 14.2 Å². The fraction of sp³-hybridized carbons (Fsp3) is 0.286. The Kier molecular flexibility index (Phi) is 6.25. The number of benzene rings is 1. The van der Waals surface area contributed by atoms with Gasteiger partial charge in [-0.3, -0.25) is 0 Å². The Morgan fingerprint density at radius 3 is 2.58 bits per heavy atom. The van der Waals surface area contributed by atoms with Crippen LogP contribution in [0.3, 0.4) is 0 Å². The molecule has 0 spiro atoms. The van der Waals surface area contributed by atoms with Crippen molar-refractivity contribution in [2.75, 3.05) is 14.2 Å². The Morgan fingerprint density at radius 2 is 1.95 bits per heavy atom. The maximum Gasteiger partial charge on any atom is 0.127 e. The number of halogens is 1. The highest BCUT2D eigenvalue weighted by Crippen LogP contribution is 2.24. The zero-order chi connectivity index (χ0) is 12.8. The highest BCUT2D eigenvalue weighted by molar-refractivity contribution is 5.85. The Balaban J connectivity index is 0.00000180. The molecule has 2 aromatic rings. The average Bonchev–Trinajstić information content (AvgIpc) is 2.92. The van der Waals surface area contributed by atoms with Crippen molar-refractivity contribution in [2.24, 2.45) is 0 Å². The molecule has 1 aromatic carbocycles. The molecule has 0 saturated heterocycles. The second-order valence-electron chi connectivity index (χ2n) is 3.86. The topological polar surface area (TPSA) is 43.6 Å². The molecule has 0 aliphatic rings. The van der Waals surface area contributed by atoms with Gasteiger partial charge in [-0.25, -0.2) is 0 Å². The van der Waals surface area contributed by atoms with E-state index in [9.17, 15) is 0 Å². The second kappa shape index (κ2) is 7.71. The van der Waals surface area contributed by atoms with E-state index < -0.39 is 0 Å². The first-order valence-corrected chi connectivity index (χ1v) is 5.77. The number of nitrogens with one attached hydrogen (secondary N) is 1. The van der Waals surface area contributed by atoms with Crippen LogP contribution in [0.1, 0.15) is 11.3 Å². The summed E-state index contributed by atoms with van der Waals surface area (Å²) in [7, 11) is 3.30. The Bertz CT molecular complexity index is 485. The highest BCUT2D eigenvalue weighted by atomic mass is 35.5. The van der Waals surface area contributed by atoms with E-state index in [-0.39, 0.29) is 12.4 Å². The van der Waals surface area contributed by atoms with Gasteiger partial charge in [-0.05, 0) is 18.2 Å². The molecular formula is C14H18ClNO3. The number of ether oxygens (including phenoxy) is 2. The van der Waals surface area contributed by atoms with Crippen LogP contribution < -0.4 is 14.8 Å². The van der Waals surface area contributed by atoms with Crippen LogP contribution in [0.25, 0.3) is 0 Å². The fourth-order valence-electron chi connectivity index (χ4n) is 1.73. The standard InChI is InChI=1S/C14H17NO3.ClH/c1-16-12-6-5-11(14(8-12)17-2)9-15-10-13-4-3-7-18-13;/h3-8,15H,9-10H2,1-2H3;1H. The molecule has 2 rings (SSSR count). The molecule has 1 heterocycles. The molecule has 0 saturated carbocycles. The minimum atomic E-state index is 0. The third kappa shape index (κ3) is 4.19. The van der Waals surface area contributed by atoms with Gasteiger partial charge < -0.3 is 19.2 Å². The lowest BCUT2D eigenvalue weighted by molar-refractivity contribution is 0.389. The van der Waals surface area contributed by atoms with E-state index in [0.717, 1.165) is 22.8 Å². The lowest BCUT2D eigenvalue weighted by Gasteiger charge is -2.10. The van der Waals surface area contributed by atoms with E-state index in [1.165, 1.54) is 0 Å². The first-order chi connectivity index (χ1) is 8.83. The van der Waals surface area contributed by atoms with E-state index in [2.05, 4.69) is 5.32 Å². The lowest BCUT2D eigenvalue weighted by atomic mass is 10.2. The Morgan fingerprint density at radius 1 is 1.11 bits per heavy atom. The fourth-order valence-corrected chi connectivity index (χ4v) is 1.73. The summed E-state index contributed by atoms with van der Waals surface area (Å²) in [5, 5.41) is 3.30. The largest absolute Gasteiger partial charge is 0.497 e. The smallest absolute Gasteiger partial charge is 0.127 e. The van der Waals surface area contributed by atoms with Crippen molar-refractivity contribution in [3.05, 3.63) is 47.9 Å². The lowest BCUT2D eigenvalue weighted by Crippen LogP contribution is -2.12. The molecule has 0 atom stereocenters. The van der Waals surface area contributed by atoms with E-state index in [1.54, 1.807) is 20.5 Å². The molecule has 0 fully saturated rings. The maximum absolute atomic E-state index is 5.33. The van der Waals surface area contributed by atoms with Crippen molar-refractivity contribution in [3.63, 3.8) is 0 Å². The van der Waals surface area contributed by atoms with Gasteiger partial charge in [0.2, 0.25) is 0 Å². The van der Waals surface area contributed by atoms with Gasteiger partial charge in [0.05, 0.1) is 27.0 Å². The van der Waals surface area contributed by atoms with Crippen LogP contribution in [0, 0.1) is 0 Å². The Labute approximate surface area is 119 Å². The molecule has 4 nitrogen and oxygen atoms in total. The van der Waals surface area contributed by atoms with Crippen molar-refractivity contribution in [1.29, 1.82) is 0 Å². The monoisotopic (exact) mass is 283 g/mol. The first-order valence-electron chi connectivity index (χ1n) is 5.77. The summed E-state index contributed by atoms with van der Waals surface area (Å²) in [6, 6.07) is 9.62. The summed E-state index contributed by atoms with van der Waals surface area (Å²) < 4.78 is 15.7. The predicted molar refractivity (Wildman–Crippen MR) is 76.0 cm³/mol. The molecule has 0 radical (unpaired) electrons. The molecule has 1 N–H and O–H groups in total. The molecule has 0 aliphatic carbocycles. The summed E-state index contributed by atoms with van der Waals surface area (Å²) >= 11 is 0. The van der Waals surface area contributed by atoms with Crippen molar-refractivity contribution in [2.45, 2.75) is 13.1 Å². The van der Waals surface area contributed by atoms with Gasteiger partial charge in [-0.15, -0.1) is 12.4 Å². The van der Waals surface area contributed by atoms with Crippen LogP contribution in [0.15, 0.2) is 41.0 Å². The van der Waals surface area contributed by atoms with E-state index >= 15 is 0 Å². The van der Waals surface area contributed by atoms with Crippen LogP contribution in [0.5, 0.6) is 11.5 Å². The molecule has 0 aliphatic heterocycles. The molecule has 0 bridgehead atoms. The van der Waals surface area contributed by atoms with Gasteiger partial charge in [0, 0.05) is 18.2 Å². The zero-order valence-electron chi connectivity index (χ0n) is 11.0. The predicted octanol–water partition coefficient (Wildman–Crippen LogP) is 3.01. The first kappa shape index (κ1) is 15.4. The quantitative estimate of drug-likeness (QED) is 0.885. The number of hydrogen-bond acceptors (Lipinski definition) is 4. The molecule has 5 heteroatoms. The van der Waals surface area contributed by atoms with E-state index in [4.69, 9.17) is 13.9 Å². The van der Waals surface area contributed by atoms with Gasteiger partial charge in [0.25, 0.3) is 0 Å². The SMILES string of the molecule is COc1ccc(CNCc2ccco2)c(OC)c1.Cl. The van der Waals surface area contributed by atoms with Crippen LogP contribution in [0.2, 0.25) is 0 Å². The Hall–Kier alpha value is -1.65. The van der Waals surface area contributed by atoms with Crippen molar-refractivity contribution in [3.8, 4) is 11.5 Å².